The van der Waals surface area contributed by atoms with E-state index < -0.39 is 0 Å². The molecule has 2 rings (SSSR count). The molecule has 0 saturated carbocycles. The SMILES string of the molecule is C=c1ccc(=C)cc1.CC(=O)OCc1ccc(C)cc1.C[CH-]C.C[CH-]C.O=C=O.[CH3-].[CH3-].[Y].[Y]. The Morgan fingerprint density at radius 2 is 1.09 bits per heavy atom. The van der Waals surface area contributed by atoms with E-state index >= 15 is 0 Å². The molecule has 0 atom stereocenters. The summed E-state index contributed by atoms with van der Waals surface area (Å²) in [7, 11) is 0. The van der Waals surface area contributed by atoms with Gasteiger partial charge in [-0.1, -0.05) is 67.3 Å². The fraction of sp³-hybridized carbons (Fsp3) is 0.259. The van der Waals surface area contributed by atoms with Crippen LogP contribution in [0.2, 0.25) is 0 Å². The number of rotatable bonds is 2. The van der Waals surface area contributed by atoms with E-state index in [0.717, 1.165) is 16.0 Å². The Balaban J connectivity index is -0.0000000568. The van der Waals surface area contributed by atoms with Crippen molar-refractivity contribution < 1.29 is 84.5 Å². The van der Waals surface area contributed by atoms with Crippen LogP contribution < -0.4 is 10.4 Å². The summed E-state index contributed by atoms with van der Waals surface area (Å²) in [6, 6.07) is 15.7. The van der Waals surface area contributed by atoms with Crippen LogP contribution in [0, 0.1) is 34.6 Å². The maximum Gasteiger partial charge on any atom is 0.373 e. The molecule has 0 aromatic heterocycles. The molecular weight excluding hydrogens is 566 g/mol. The average Bonchev–Trinajstić information content (AvgIpc) is 2.66. The largest absolute Gasteiger partial charge is 0.461 e. The van der Waals surface area contributed by atoms with Crippen molar-refractivity contribution in [2.45, 2.75) is 48.1 Å². The molecule has 0 bridgehead atoms. The summed E-state index contributed by atoms with van der Waals surface area (Å²) in [5.74, 6) is -0.240. The molecule has 0 aliphatic rings. The van der Waals surface area contributed by atoms with Crippen molar-refractivity contribution in [2.75, 3.05) is 0 Å². The van der Waals surface area contributed by atoms with Gasteiger partial charge in [-0.3, -0.25) is 4.79 Å². The van der Waals surface area contributed by atoms with E-state index in [1.807, 2.05) is 96.0 Å². The van der Waals surface area contributed by atoms with Crippen LogP contribution in [0.5, 0.6) is 0 Å². The third kappa shape index (κ3) is 45.5. The van der Waals surface area contributed by atoms with E-state index in [1.165, 1.54) is 12.5 Å². The number of ether oxygens (including phenoxy) is 1. The maximum absolute atomic E-state index is 10.5. The van der Waals surface area contributed by atoms with Crippen molar-refractivity contribution >= 4 is 25.3 Å². The van der Waals surface area contributed by atoms with Gasteiger partial charge in [-0.15, -0.1) is 0 Å². The minimum atomic E-state index is -0.240. The first-order valence-corrected chi connectivity index (χ1v) is 9.12. The first-order valence-electron chi connectivity index (χ1n) is 9.12. The van der Waals surface area contributed by atoms with Crippen molar-refractivity contribution in [1.82, 2.24) is 0 Å². The molecular formula is C27H40O4Y2-4. The summed E-state index contributed by atoms with van der Waals surface area (Å²) in [4.78, 5) is 26.7. The summed E-state index contributed by atoms with van der Waals surface area (Å²) in [5.41, 5.74) is 2.23. The molecule has 0 amide bonds. The van der Waals surface area contributed by atoms with E-state index in [1.54, 1.807) is 0 Å². The fourth-order valence-electron chi connectivity index (χ4n) is 1.41. The van der Waals surface area contributed by atoms with Gasteiger partial charge in [0.25, 0.3) is 0 Å². The first kappa shape index (κ1) is 49.4. The number of carbonyl (C=O) groups is 1. The number of esters is 1. The summed E-state index contributed by atoms with van der Waals surface area (Å²) >= 11 is 0. The van der Waals surface area contributed by atoms with Crippen LogP contribution in [-0.2, 0) is 91.1 Å². The second-order valence-electron chi connectivity index (χ2n) is 5.82. The van der Waals surface area contributed by atoms with Crippen molar-refractivity contribution in [3.05, 3.63) is 97.8 Å². The van der Waals surface area contributed by atoms with Crippen molar-refractivity contribution in [3.8, 4) is 0 Å². The van der Waals surface area contributed by atoms with Crippen LogP contribution in [-0.4, -0.2) is 12.1 Å². The van der Waals surface area contributed by atoms with Gasteiger partial charge < -0.3 is 32.4 Å². The summed E-state index contributed by atoms with van der Waals surface area (Å²) in [6.45, 7) is 19.3. The molecule has 0 heterocycles. The first-order chi connectivity index (χ1) is 13.7. The summed E-state index contributed by atoms with van der Waals surface area (Å²) in [6.07, 6.45) is 4.25. The van der Waals surface area contributed by atoms with Crippen LogP contribution in [0.25, 0.3) is 13.2 Å². The maximum atomic E-state index is 10.5. The number of aryl methyl sites for hydroxylation is 1. The molecule has 2 aromatic rings. The smallest absolute Gasteiger partial charge is 0.373 e. The van der Waals surface area contributed by atoms with Gasteiger partial charge in [0.2, 0.25) is 0 Å². The summed E-state index contributed by atoms with van der Waals surface area (Å²) < 4.78 is 4.83. The quantitative estimate of drug-likeness (QED) is 0.343. The minimum Gasteiger partial charge on any atom is -0.461 e. The molecule has 4 nitrogen and oxygen atoms in total. The number of carbonyl (C=O) groups excluding carboxylic acids is 3. The molecule has 0 spiro atoms. The van der Waals surface area contributed by atoms with E-state index in [-0.39, 0.29) is 92.4 Å². The molecule has 0 aliphatic carbocycles. The molecule has 182 valence electrons. The Bertz CT molecular complexity index is 715. The van der Waals surface area contributed by atoms with Crippen LogP contribution >= 0.6 is 0 Å². The van der Waals surface area contributed by atoms with E-state index in [0.29, 0.717) is 6.61 Å². The Morgan fingerprint density at radius 3 is 1.33 bits per heavy atom. The van der Waals surface area contributed by atoms with E-state index in [9.17, 15) is 4.79 Å². The van der Waals surface area contributed by atoms with Gasteiger partial charge >= 0.3 is 12.1 Å². The third-order valence-corrected chi connectivity index (χ3v) is 2.59. The average molecular weight is 606 g/mol. The van der Waals surface area contributed by atoms with Gasteiger partial charge in [0.1, 0.15) is 6.61 Å². The van der Waals surface area contributed by atoms with Gasteiger partial charge in [-0.05, 0) is 22.9 Å². The summed E-state index contributed by atoms with van der Waals surface area (Å²) in [5, 5.41) is 2.08. The fourth-order valence-corrected chi connectivity index (χ4v) is 1.41. The Labute approximate surface area is 253 Å². The van der Waals surface area contributed by atoms with Gasteiger partial charge in [0, 0.05) is 72.3 Å². The zero-order valence-corrected chi connectivity index (χ0v) is 27.4. The molecule has 0 unspecified atom stereocenters. The van der Waals surface area contributed by atoms with Crippen molar-refractivity contribution in [2.24, 2.45) is 0 Å². The van der Waals surface area contributed by atoms with Gasteiger partial charge in [0.15, 0.2) is 0 Å². The van der Waals surface area contributed by atoms with Crippen LogP contribution in [0.1, 0.15) is 45.7 Å². The molecule has 6 heteroatoms. The molecule has 0 aliphatic heterocycles. The second-order valence-corrected chi connectivity index (χ2v) is 5.82. The predicted octanol–water partition coefficient (Wildman–Crippen LogP) is 5.34. The normalized spacial score (nSPS) is 6.97. The molecule has 33 heavy (non-hydrogen) atoms. The Morgan fingerprint density at radius 1 is 0.818 bits per heavy atom. The van der Waals surface area contributed by atoms with E-state index in [2.05, 4.69) is 13.2 Å². The standard InChI is InChI=1S/C10H12O2.C8H8.2C3H7.CO2.2CH3.2Y/c1-8-3-5-10(6-4-8)7-12-9(2)11;1-7-3-5-8(2)6-4-7;2*1-3-2;2-1-3;;;;/h3-6H,7H2,1-2H3;3-6H,1-2H2;2*3H,1-2H3;;2*1H3;;/q;;2*-1;;2*-1;;. The minimum absolute atomic E-state index is 0. The van der Waals surface area contributed by atoms with Crippen molar-refractivity contribution in [3.63, 3.8) is 0 Å². The molecule has 2 aromatic carbocycles. The molecule has 2 radical (unpaired) electrons. The van der Waals surface area contributed by atoms with Crippen molar-refractivity contribution in [1.29, 1.82) is 0 Å². The second kappa shape index (κ2) is 38.5. The number of benzene rings is 2. The van der Waals surface area contributed by atoms with Crippen LogP contribution in [0.15, 0.2) is 48.5 Å². The zero-order valence-electron chi connectivity index (χ0n) is 21.7. The third-order valence-electron chi connectivity index (χ3n) is 2.59. The van der Waals surface area contributed by atoms with Gasteiger partial charge in [0.05, 0.1) is 0 Å². The molecule has 0 fully saturated rings. The monoisotopic (exact) mass is 606 g/mol. The predicted molar refractivity (Wildman–Crippen MR) is 133 cm³/mol. The zero-order chi connectivity index (χ0) is 23.1. The van der Waals surface area contributed by atoms with Crippen LogP contribution in [0.3, 0.4) is 0 Å². The number of hydrogen-bond donors (Lipinski definition) is 0. The Kier molecular flexibility index (Phi) is 57.6. The molecule has 0 N–H and O–H groups in total. The topological polar surface area (TPSA) is 60.4 Å². The Hall–Kier alpha value is -0.762. The van der Waals surface area contributed by atoms with Gasteiger partial charge in [-0.25, -0.2) is 0 Å². The molecule has 0 saturated heterocycles. The van der Waals surface area contributed by atoms with Crippen LogP contribution in [0.4, 0.5) is 0 Å². The van der Waals surface area contributed by atoms with E-state index in [4.69, 9.17) is 14.3 Å². The number of hydrogen-bond acceptors (Lipinski definition) is 4. The van der Waals surface area contributed by atoms with Gasteiger partial charge in [-0.2, -0.15) is 37.3 Å².